The Kier molecular flexibility index (Phi) is 11.4. The Balaban J connectivity index is 3.30. The van der Waals surface area contributed by atoms with Crippen LogP contribution in [0.1, 0.15) is 33.1 Å². The Morgan fingerprint density at radius 3 is 2.33 bits per heavy atom. The summed E-state index contributed by atoms with van der Waals surface area (Å²) in [5.74, 6) is 0. The third kappa shape index (κ3) is 10.7. The second kappa shape index (κ2) is 11.7. The van der Waals surface area contributed by atoms with E-state index in [-0.39, 0.29) is 0 Å². The zero-order chi connectivity index (χ0) is 13.8. The number of nitrogens with zero attached hydrogens (tertiary/aromatic N) is 1. The van der Waals surface area contributed by atoms with Crippen LogP contribution in [0.5, 0.6) is 0 Å². The molecule has 18 heavy (non-hydrogen) atoms. The zero-order valence-corrected chi connectivity index (χ0v) is 13.1. The van der Waals surface area contributed by atoms with E-state index in [9.17, 15) is 0 Å². The van der Waals surface area contributed by atoms with Crippen molar-refractivity contribution in [3.63, 3.8) is 0 Å². The van der Waals surface area contributed by atoms with Gasteiger partial charge in [0.15, 0.2) is 5.11 Å². The minimum Gasteiger partial charge on any atom is -0.385 e. The molecule has 0 spiro atoms. The molecular weight excluding hydrogens is 246 g/mol. The smallest absolute Gasteiger partial charge is 0.166 e. The molecule has 0 radical (unpaired) electrons. The zero-order valence-electron chi connectivity index (χ0n) is 12.3. The molecule has 4 nitrogen and oxygen atoms in total. The summed E-state index contributed by atoms with van der Waals surface area (Å²) in [4.78, 5) is 2.36. The topological polar surface area (TPSA) is 36.5 Å². The first-order valence-electron chi connectivity index (χ1n) is 6.78. The van der Waals surface area contributed by atoms with Crippen LogP contribution in [-0.2, 0) is 4.74 Å². The van der Waals surface area contributed by atoms with Crippen LogP contribution in [0.4, 0.5) is 0 Å². The van der Waals surface area contributed by atoms with Gasteiger partial charge in [-0.3, -0.25) is 0 Å². The number of methoxy groups -OCH3 is 1. The van der Waals surface area contributed by atoms with Crippen LogP contribution in [0.2, 0.25) is 0 Å². The number of hydrogen-bond donors (Lipinski definition) is 2. The molecule has 0 heterocycles. The molecule has 0 fully saturated rings. The fraction of sp³-hybridized carbons (Fsp3) is 0.923. The molecule has 0 saturated heterocycles. The van der Waals surface area contributed by atoms with E-state index in [0.29, 0.717) is 6.04 Å². The van der Waals surface area contributed by atoms with Gasteiger partial charge in [0, 0.05) is 32.8 Å². The molecule has 0 atom stereocenters. The summed E-state index contributed by atoms with van der Waals surface area (Å²) in [7, 11) is 3.88. The van der Waals surface area contributed by atoms with Crippen molar-refractivity contribution in [3.05, 3.63) is 0 Å². The van der Waals surface area contributed by atoms with Crippen molar-refractivity contribution in [2.24, 2.45) is 0 Å². The standard InChI is InChI=1S/C13H29N3OS/c1-12(2)16(3)10-6-5-8-14-13(18)15-9-7-11-17-4/h12H,5-11H2,1-4H3,(H2,14,15,18). The summed E-state index contributed by atoms with van der Waals surface area (Å²) >= 11 is 5.17. The van der Waals surface area contributed by atoms with E-state index in [1.54, 1.807) is 7.11 Å². The van der Waals surface area contributed by atoms with Crippen molar-refractivity contribution >= 4 is 17.3 Å². The lowest BCUT2D eigenvalue weighted by molar-refractivity contribution is 0.195. The lowest BCUT2D eigenvalue weighted by atomic mass is 10.2. The summed E-state index contributed by atoms with van der Waals surface area (Å²) in [5.41, 5.74) is 0. The van der Waals surface area contributed by atoms with Gasteiger partial charge in [0.2, 0.25) is 0 Å². The van der Waals surface area contributed by atoms with Gasteiger partial charge in [-0.05, 0) is 58.9 Å². The highest BCUT2D eigenvalue weighted by molar-refractivity contribution is 7.80. The first-order valence-corrected chi connectivity index (χ1v) is 7.19. The van der Waals surface area contributed by atoms with Crippen molar-refractivity contribution in [1.82, 2.24) is 15.5 Å². The number of rotatable bonds is 10. The third-order valence-corrected chi connectivity index (χ3v) is 3.20. The largest absolute Gasteiger partial charge is 0.385 e. The summed E-state index contributed by atoms with van der Waals surface area (Å²) < 4.78 is 4.97. The lowest BCUT2D eigenvalue weighted by Crippen LogP contribution is -2.36. The van der Waals surface area contributed by atoms with Gasteiger partial charge in [-0.25, -0.2) is 0 Å². The van der Waals surface area contributed by atoms with E-state index in [4.69, 9.17) is 17.0 Å². The average molecular weight is 275 g/mol. The Labute approximate surface area is 117 Å². The van der Waals surface area contributed by atoms with Crippen molar-refractivity contribution in [2.75, 3.05) is 40.4 Å². The highest BCUT2D eigenvalue weighted by Crippen LogP contribution is 1.97. The van der Waals surface area contributed by atoms with Gasteiger partial charge in [0.05, 0.1) is 0 Å². The first-order chi connectivity index (χ1) is 8.57. The van der Waals surface area contributed by atoms with Crippen LogP contribution < -0.4 is 10.6 Å². The Bertz CT molecular complexity index is 212. The fourth-order valence-electron chi connectivity index (χ4n) is 1.43. The quantitative estimate of drug-likeness (QED) is 0.468. The van der Waals surface area contributed by atoms with E-state index in [1.807, 2.05) is 0 Å². The number of ether oxygens (including phenoxy) is 1. The molecule has 0 aromatic heterocycles. The highest BCUT2D eigenvalue weighted by Gasteiger charge is 2.01. The minimum atomic E-state index is 0.626. The highest BCUT2D eigenvalue weighted by atomic mass is 32.1. The molecule has 0 aliphatic carbocycles. The second-order valence-electron chi connectivity index (χ2n) is 4.81. The second-order valence-corrected chi connectivity index (χ2v) is 5.22. The molecule has 0 aromatic carbocycles. The summed E-state index contributed by atoms with van der Waals surface area (Å²) in [6.07, 6.45) is 3.34. The van der Waals surface area contributed by atoms with Crippen LogP contribution in [0, 0.1) is 0 Å². The third-order valence-electron chi connectivity index (χ3n) is 2.92. The number of nitrogens with one attached hydrogen (secondary N) is 2. The Morgan fingerprint density at radius 2 is 1.78 bits per heavy atom. The monoisotopic (exact) mass is 275 g/mol. The van der Waals surface area contributed by atoms with Crippen LogP contribution in [0.15, 0.2) is 0 Å². The Hall–Kier alpha value is -0.390. The number of thiocarbonyl (C=S) groups is 1. The van der Waals surface area contributed by atoms with Crippen LogP contribution in [-0.4, -0.2) is 56.5 Å². The molecule has 0 rings (SSSR count). The van der Waals surface area contributed by atoms with E-state index < -0.39 is 0 Å². The van der Waals surface area contributed by atoms with E-state index >= 15 is 0 Å². The van der Waals surface area contributed by atoms with E-state index in [0.717, 1.165) is 44.2 Å². The maximum Gasteiger partial charge on any atom is 0.166 e. The summed E-state index contributed by atoms with van der Waals surface area (Å²) in [5, 5.41) is 7.14. The minimum absolute atomic E-state index is 0.626. The molecule has 0 amide bonds. The van der Waals surface area contributed by atoms with Crippen molar-refractivity contribution < 1.29 is 4.74 Å². The summed E-state index contributed by atoms with van der Waals surface area (Å²) in [6, 6.07) is 0.626. The van der Waals surface area contributed by atoms with Gasteiger partial charge >= 0.3 is 0 Å². The lowest BCUT2D eigenvalue weighted by Gasteiger charge is -2.20. The van der Waals surface area contributed by atoms with Gasteiger partial charge in [-0.1, -0.05) is 0 Å². The van der Waals surface area contributed by atoms with Gasteiger partial charge in [-0.2, -0.15) is 0 Å². The van der Waals surface area contributed by atoms with Gasteiger partial charge < -0.3 is 20.3 Å². The van der Waals surface area contributed by atoms with Gasteiger partial charge in [0.25, 0.3) is 0 Å². The number of hydrogen-bond acceptors (Lipinski definition) is 3. The molecule has 0 aliphatic heterocycles. The maximum atomic E-state index is 5.17. The van der Waals surface area contributed by atoms with Crippen molar-refractivity contribution in [1.29, 1.82) is 0 Å². The average Bonchev–Trinajstić information content (AvgIpc) is 2.33. The Morgan fingerprint density at radius 1 is 1.17 bits per heavy atom. The normalized spacial score (nSPS) is 11.0. The molecule has 0 aliphatic rings. The van der Waals surface area contributed by atoms with Crippen molar-refractivity contribution in [3.8, 4) is 0 Å². The molecule has 0 bridgehead atoms. The fourth-order valence-corrected chi connectivity index (χ4v) is 1.63. The van der Waals surface area contributed by atoms with E-state index in [1.165, 1.54) is 6.42 Å². The molecule has 2 N–H and O–H groups in total. The van der Waals surface area contributed by atoms with Gasteiger partial charge in [-0.15, -0.1) is 0 Å². The molecule has 0 unspecified atom stereocenters. The molecular formula is C13H29N3OS. The predicted molar refractivity (Wildman–Crippen MR) is 82.1 cm³/mol. The van der Waals surface area contributed by atoms with Crippen LogP contribution in [0.25, 0.3) is 0 Å². The molecule has 0 aromatic rings. The molecule has 5 heteroatoms. The first kappa shape index (κ1) is 17.6. The molecule has 108 valence electrons. The molecule has 0 saturated carbocycles. The van der Waals surface area contributed by atoms with E-state index in [2.05, 4.69) is 36.4 Å². The van der Waals surface area contributed by atoms with Crippen LogP contribution >= 0.6 is 12.2 Å². The number of unbranched alkanes of at least 4 members (excludes halogenated alkanes) is 1. The van der Waals surface area contributed by atoms with Gasteiger partial charge in [0.1, 0.15) is 0 Å². The van der Waals surface area contributed by atoms with Crippen LogP contribution in [0.3, 0.4) is 0 Å². The van der Waals surface area contributed by atoms with Crippen molar-refractivity contribution in [2.45, 2.75) is 39.2 Å². The SMILES string of the molecule is COCCCNC(=S)NCCCCN(C)C(C)C. The maximum absolute atomic E-state index is 5.17. The summed E-state index contributed by atoms with van der Waals surface area (Å²) in [6.45, 7) is 8.18. The predicted octanol–water partition coefficient (Wildman–Crippen LogP) is 1.61.